The number of rotatable bonds is 11. The third-order valence-corrected chi connectivity index (χ3v) is 5.11. The standard InChI is InChI=1S/C24H31N3O5/c1-5-21(24(29)25-15-17(2)3)26(16-18-10-12-20(32-4)13-11-18)23(28)14-19-8-6-7-9-22(19)27(30)31/h6-13,17,21H,5,14-16H2,1-4H3,(H,25,29)/t21-/m1/s1. The Hall–Kier alpha value is -3.42. The molecular weight excluding hydrogens is 410 g/mol. The van der Waals surface area contributed by atoms with Gasteiger partial charge in [-0.3, -0.25) is 19.7 Å². The van der Waals surface area contributed by atoms with E-state index in [1.54, 1.807) is 37.4 Å². The second kappa shape index (κ2) is 11.8. The van der Waals surface area contributed by atoms with Crippen LogP contribution in [0.15, 0.2) is 48.5 Å². The number of nitro benzene ring substituents is 1. The van der Waals surface area contributed by atoms with Crippen molar-refractivity contribution >= 4 is 17.5 Å². The minimum absolute atomic E-state index is 0.109. The van der Waals surface area contributed by atoms with Crippen LogP contribution in [0.5, 0.6) is 5.75 Å². The van der Waals surface area contributed by atoms with Crippen LogP contribution in [-0.2, 0) is 22.6 Å². The quantitative estimate of drug-likeness (QED) is 0.423. The zero-order valence-corrected chi connectivity index (χ0v) is 19.0. The first-order valence-corrected chi connectivity index (χ1v) is 10.7. The maximum absolute atomic E-state index is 13.4. The van der Waals surface area contributed by atoms with Crippen LogP contribution in [0, 0.1) is 16.0 Å². The van der Waals surface area contributed by atoms with Crippen molar-refractivity contribution in [1.82, 2.24) is 10.2 Å². The summed E-state index contributed by atoms with van der Waals surface area (Å²) in [5.41, 5.74) is 1.04. The van der Waals surface area contributed by atoms with Gasteiger partial charge in [-0.25, -0.2) is 0 Å². The molecule has 0 unspecified atom stereocenters. The van der Waals surface area contributed by atoms with Crippen LogP contribution in [0.4, 0.5) is 5.69 Å². The molecule has 0 saturated carbocycles. The third-order valence-electron chi connectivity index (χ3n) is 5.11. The SMILES string of the molecule is CC[C@H](C(=O)NCC(C)C)N(Cc1ccc(OC)cc1)C(=O)Cc1ccccc1[N+](=O)[O-]. The summed E-state index contributed by atoms with van der Waals surface area (Å²) < 4.78 is 5.19. The largest absolute Gasteiger partial charge is 0.497 e. The Labute approximate surface area is 188 Å². The second-order valence-corrected chi connectivity index (χ2v) is 8.00. The monoisotopic (exact) mass is 441 g/mol. The molecule has 2 aromatic carbocycles. The molecule has 0 spiro atoms. The number of carbonyl (C=O) groups excluding carboxylic acids is 2. The fraction of sp³-hybridized carbons (Fsp3) is 0.417. The highest BCUT2D eigenvalue weighted by Crippen LogP contribution is 2.21. The molecule has 8 heteroatoms. The Morgan fingerprint density at radius 2 is 1.78 bits per heavy atom. The summed E-state index contributed by atoms with van der Waals surface area (Å²) in [6.45, 7) is 6.55. The molecule has 8 nitrogen and oxygen atoms in total. The number of ether oxygens (including phenoxy) is 1. The van der Waals surface area contributed by atoms with E-state index in [1.165, 1.54) is 11.0 Å². The summed E-state index contributed by atoms with van der Waals surface area (Å²) in [6, 6.07) is 12.7. The molecule has 32 heavy (non-hydrogen) atoms. The average Bonchev–Trinajstić information content (AvgIpc) is 2.78. The number of nitro groups is 1. The van der Waals surface area contributed by atoms with Crippen LogP contribution in [0.25, 0.3) is 0 Å². The van der Waals surface area contributed by atoms with E-state index < -0.39 is 11.0 Å². The fourth-order valence-electron chi connectivity index (χ4n) is 3.37. The fourth-order valence-corrected chi connectivity index (χ4v) is 3.37. The topological polar surface area (TPSA) is 102 Å². The van der Waals surface area contributed by atoms with Gasteiger partial charge in [0.1, 0.15) is 11.8 Å². The molecule has 0 bridgehead atoms. The van der Waals surface area contributed by atoms with Gasteiger partial charge in [0.15, 0.2) is 0 Å². The predicted octanol–water partition coefficient (Wildman–Crippen LogP) is 3.73. The molecule has 0 saturated heterocycles. The highest BCUT2D eigenvalue weighted by molar-refractivity contribution is 5.88. The zero-order chi connectivity index (χ0) is 23.7. The molecule has 0 aliphatic heterocycles. The lowest BCUT2D eigenvalue weighted by Crippen LogP contribution is -2.50. The first kappa shape index (κ1) is 24.8. The van der Waals surface area contributed by atoms with Crippen LogP contribution in [-0.4, -0.2) is 41.3 Å². The highest BCUT2D eigenvalue weighted by atomic mass is 16.6. The Morgan fingerprint density at radius 1 is 1.12 bits per heavy atom. The van der Waals surface area contributed by atoms with Gasteiger partial charge in [0.05, 0.1) is 18.5 Å². The Bertz CT molecular complexity index is 927. The first-order valence-electron chi connectivity index (χ1n) is 10.7. The number of para-hydroxylation sites is 1. The van der Waals surface area contributed by atoms with Crippen LogP contribution < -0.4 is 10.1 Å². The summed E-state index contributed by atoms with van der Waals surface area (Å²) in [4.78, 5) is 38.7. The number of nitrogens with one attached hydrogen (secondary N) is 1. The van der Waals surface area contributed by atoms with E-state index in [4.69, 9.17) is 4.74 Å². The minimum atomic E-state index is -0.689. The van der Waals surface area contributed by atoms with Gasteiger partial charge in [-0.1, -0.05) is 51.1 Å². The highest BCUT2D eigenvalue weighted by Gasteiger charge is 2.30. The van der Waals surface area contributed by atoms with Crippen LogP contribution in [0.2, 0.25) is 0 Å². The lowest BCUT2D eigenvalue weighted by molar-refractivity contribution is -0.385. The lowest BCUT2D eigenvalue weighted by Gasteiger charge is -2.31. The molecule has 2 amide bonds. The Balaban J connectivity index is 2.33. The molecule has 2 rings (SSSR count). The molecule has 2 aromatic rings. The van der Waals surface area contributed by atoms with E-state index in [9.17, 15) is 19.7 Å². The first-order chi connectivity index (χ1) is 15.3. The van der Waals surface area contributed by atoms with Crippen LogP contribution >= 0.6 is 0 Å². The van der Waals surface area contributed by atoms with E-state index >= 15 is 0 Å². The molecule has 0 aromatic heterocycles. The van der Waals surface area contributed by atoms with E-state index in [2.05, 4.69) is 5.32 Å². The van der Waals surface area contributed by atoms with Crippen molar-refractivity contribution in [3.63, 3.8) is 0 Å². The Kier molecular flexibility index (Phi) is 9.19. The number of hydrogen-bond acceptors (Lipinski definition) is 5. The Morgan fingerprint density at radius 3 is 2.34 bits per heavy atom. The molecule has 0 aliphatic rings. The number of carbonyl (C=O) groups is 2. The molecule has 172 valence electrons. The molecule has 0 fully saturated rings. The number of amides is 2. The normalized spacial score (nSPS) is 11.7. The summed E-state index contributed by atoms with van der Waals surface area (Å²) in [7, 11) is 1.57. The second-order valence-electron chi connectivity index (χ2n) is 8.00. The molecule has 0 heterocycles. The van der Waals surface area contributed by atoms with Crippen molar-refractivity contribution in [3.8, 4) is 5.75 Å². The van der Waals surface area contributed by atoms with Crippen LogP contribution in [0.1, 0.15) is 38.3 Å². The summed E-state index contributed by atoms with van der Waals surface area (Å²) in [5.74, 6) is 0.384. The number of hydrogen-bond donors (Lipinski definition) is 1. The van der Waals surface area contributed by atoms with Crippen molar-refractivity contribution in [2.45, 2.75) is 46.2 Å². The molecule has 1 atom stereocenters. The van der Waals surface area contributed by atoms with Gasteiger partial charge >= 0.3 is 0 Å². The molecule has 0 aliphatic carbocycles. The van der Waals surface area contributed by atoms with Crippen LogP contribution in [0.3, 0.4) is 0 Å². The lowest BCUT2D eigenvalue weighted by atomic mass is 10.0. The maximum atomic E-state index is 13.4. The van der Waals surface area contributed by atoms with Crippen molar-refractivity contribution in [3.05, 3.63) is 69.8 Å². The third kappa shape index (κ3) is 6.80. The van der Waals surface area contributed by atoms with E-state index in [1.807, 2.05) is 32.9 Å². The summed E-state index contributed by atoms with van der Waals surface area (Å²) in [5, 5.41) is 14.3. The minimum Gasteiger partial charge on any atom is -0.497 e. The number of methoxy groups -OCH3 is 1. The van der Waals surface area contributed by atoms with Crippen molar-refractivity contribution in [1.29, 1.82) is 0 Å². The van der Waals surface area contributed by atoms with Gasteiger partial charge in [0.25, 0.3) is 5.69 Å². The van der Waals surface area contributed by atoms with Gasteiger partial charge in [-0.05, 0) is 30.0 Å². The smallest absolute Gasteiger partial charge is 0.273 e. The van der Waals surface area contributed by atoms with Gasteiger partial charge in [-0.15, -0.1) is 0 Å². The van der Waals surface area contributed by atoms with Crippen molar-refractivity contribution < 1.29 is 19.2 Å². The van der Waals surface area contributed by atoms with Gasteiger partial charge in [0, 0.05) is 24.7 Å². The predicted molar refractivity (Wildman–Crippen MR) is 122 cm³/mol. The molecule has 0 radical (unpaired) electrons. The molecule has 1 N–H and O–H groups in total. The number of benzene rings is 2. The van der Waals surface area contributed by atoms with Gasteiger partial charge < -0.3 is 15.0 Å². The van der Waals surface area contributed by atoms with Crippen molar-refractivity contribution in [2.75, 3.05) is 13.7 Å². The molecular formula is C24H31N3O5. The summed E-state index contributed by atoms with van der Waals surface area (Å²) in [6.07, 6.45) is 0.254. The van der Waals surface area contributed by atoms with Gasteiger partial charge in [-0.2, -0.15) is 0 Å². The van der Waals surface area contributed by atoms with Gasteiger partial charge in [0.2, 0.25) is 11.8 Å². The summed E-state index contributed by atoms with van der Waals surface area (Å²) >= 11 is 0. The van der Waals surface area contributed by atoms with Crippen molar-refractivity contribution in [2.24, 2.45) is 5.92 Å². The zero-order valence-electron chi connectivity index (χ0n) is 19.0. The van der Waals surface area contributed by atoms with E-state index in [-0.39, 0.29) is 36.4 Å². The average molecular weight is 442 g/mol. The van der Waals surface area contributed by atoms with E-state index in [0.717, 1.165) is 5.56 Å². The maximum Gasteiger partial charge on any atom is 0.273 e. The van der Waals surface area contributed by atoms with E-state index in [0.29, 0.717) is 24.3 Å². The number of nitrogens with zero attached hydrogens (tertiary/aromatic N) is 2.